The Balaban J connectivity index is 2.80. The van der Waals surface area contributed by atoms with Crippen LogP contribution >= 0.6 is 0 Å². The molecule has 0 bridgehead atoms. The van der Waals surface area contributed by atoms with E-state index in [1.165, 1.54) is 0 Å². The summed E-state index contributed by atoms with van der Waals surface area (Å²) in [4.78, 5) is 12.2. The number of methoxy groups -OCH3 is 1. The van der Waals surface area contributed by atoms with Gasteiger partial charge in [-0.05, 0) is 25.5 Å². The summed E-state index contributed by atoms with van der Waals surface area (Å²) in [6.45, 7) is 5.00. The molecule has 0 aliphatic heterocycles. The van der Waals surface area contributed by atoms with E-state index in [-0.39, 0.29) is 11.7 Å². The predicted molar refractivity (Wildman–Crippen MR) is 67.6 cm³/mol. The molecule has 1 aromatic carbocycles. The van der Waals surface area contributed by atoms with Crippen LogP contribution in [0.15, 0.2) is 24.3 Å². The molecule has 1 rings (SSSR count). The van der Waals surface area contributed by atoms with Crippen molar-refractivity contribution in [2.24, 2.45) is 5.92 Å². The Hall–Kier alpha value is -1.35. The number of benzene rings is 1. The molecule has 0 N–H and O–H groups in total. The number of carbonyl (C=O) groups excluding carboxylic acids is 1. The predicted octanol–water partition coefficient (Wildman–Crippen LogP) is 2.94. The zero-order valence-corrected chi connectivity index (χ0v) is 10.7. The molecule has 0 saturated carbocycles. The molecule has 0 aliphatic rings. The monoisotopic (exact) mass is 236 g/mol. The van der Waals surface area contributed by atoms with E-state index in [4.69, 9.17) is 9.47 Å². The molecule has 3 nitrogen and oxygen atoms in total. The summed E-state index contributed by atoms with van der Waals surface area (Å²) in [5, 5.41) is 0. The Kier molecular flexibility index (Phi) is 5.70. The van der Waals surface area contributed by atoms with Crippen LogP contribution in [0.1, 0.15) is 30.6 Å². The lowest BCUT2D eigenvalue weighted by Crippen LogP contribution is -2.14. The van der Waals surface area contributed by atoms with Gasteiger partial charge < -0.3 is 9.47 Å². The molecule has 0 spiro atoms. The fourth-order valence-corrected chi connectivity index (χ4v) is 1.64. The highest BCUT2D eigenvalue weighted by atomic mass is 16.5. The molecule has 0 aliphatic carbocycles. The van der Waals surface area contributed by atoms with E-state index < -0.39 is 0 Å². The van der Waals surface area contributed by atoms with Crippen molar-refractivity contribution in [2.75, 3.05) is 20.3 Å². The average molecular weight is 236 g/mol. The molecule has 0 fully saturated rings. The third kappa shape index (κ3) is 3.86. The summed E-state index contributed by atoms with van der Waals surface area (Å²) < 4.78 is 10.5. The van der Waals surface area contributed by atoms with Gasteiger partial charge in [-0.3, -0.25) is 4.79 Å². The Morgan fingerprint density at radius 2 is 2.06 bits per heavy atom. The van der Waals surface area contributed by atoms with E-state index in [0.717, 1.165) is 6.42 Å². The molecule has 0 radical (unpaired) electrons. The van der Waals surface area contributed by atoms with Crippen molar-refractivity contribution in [1.82, 2.24) is 0 Å². The van der Waals surface area contributed by atoms with Crippen LogP contribution in [-0.4, -0.2) is 26.1 Å². The number of ketones is 1. The average Bonchev–Trinajstić information content (AvgIpc) is 2.36. The zero-order valence-electron chi connectivity index (χ0n) is 10.7. The van der Waals surface area contributed by atoms with E-state index in [2.05, 4.69) is 0 Å². The highest BCUT2D eigenvalue weighted by Gasteiger charge is 2.18. The number of carbonyl (C=O) groups is 1. The van der Waals surface area contributed by atoms with Crippen molar-refractivity contribution in [3.8, 4) is 5.75 Å². The second kappa shape index (κ2) is 7.07. The SMILES string of the molecule is CCOc1ccccc1C(=O)C(C)CCOC. The number of para-hydroxylation sites is 1. The van der Waals surface area contributed by atoms with Gasteiger partial charge >= 0.3 is 0 Å². The van der Waals surface area contributed by atoms with Gasteiger partial charge in [0.15, 0.2) is 5.78 Å². The minimum Gasteiger partial charge on any atom is -0.493 e. The van der Waals surface area contributed by atoms with Crippen LogP contribution in [0.4, 0.5) is 0 Å². The summed E-state index contributed by atoms with van der Waals surface area (Å²) in [5.74, 6) is 0.743. The first-order valence-corrected chi connectivity index (χ1v) is 5.95. The van der Waals surface area contributed by atoms with Gasteiger partial charge in [0.05, 0.1) is 12.2 Å². The Bertz CT molecular complexity index is 360. The van der Waals surface area contributed by atoms with Gasteiger partial charge in [-0.2, -0.15) is 0 Å². The molecule has 0 aromatic heterocycles. The molecule has 94 valence electrons. The summed E-state index contributed by atoms with van der Waals surface area (Å²) in [6.07, 6.45) is 0.732. The fraction of sp³-hybridized carbons (Fsp3) is 0.500. The quantitative estimate of drug-likeness (QED) is 0.683. The third-order valence-electron chi connectivity index (χ3n) is 2.65. The van der Waals surface area contributed by atoms with Crippen LogP contribution in [0.25, 0.3) is 0 Å². The lowest BCUT2D eigenvalue weighted by Gasteiger charge is -2.13. The van der Waals surface area contributed by atoms with Gasteiger partial charge in [0, 0.05) is 19.6 Å². The van der Waals surface area contributed by atoms with E-state index in [1.54, 1.807) is 7.11 Å². The van der Waals surface area contributed by atoms with E-state index in [9.17, 15) is 4.79 Å². The van der Waals surface area contributed by atoms with Gasteiger partial charge in [0.2, 0.25) is 0 Å². The van der Waals surface area contributed by atoms with E-state index >= 15 is 0 Å². The maximum atomic E-state index is 12.2. The van der Waals surface area contributed by atoms with Crippen molar-refractivity contribution in [3.63, 3.8) is 0 Å². The zero-order chi connectivity index (χ0) is 12.7. The van der Waals surface area contributed by atoms with Crippen LogP contribution in [0, 0.1) is 5.92 Å². The first-order chi connectivity index (χ1) is 8.20. The molecule has 0 saturated heterocycles. The number of Topliss-reactive ketones (excluding diaryl/α,β-unsaturated/α-hetero) is 1. The molecule has 0 heterocycles. The third-order valence-corrected chi connectivity index (χ3v) is 2.65. The Labute approximate surface area is 103 Å². The number of hydrogen-bond acceptors (Lipinski definition) is 3. The van der Waals surface area contributed by atoms with Crippen molar-refractivity contribution in [1.29, 1.82) is 0 Å². The summed E-state index contributed by atoms with van der Waals surface area (Å²) >= 11 is 0. The minimum atomic E-state index is -0.0449. The lowest BCUT2D eigenvalue weighted by atomic mass is 9.96. The van der Waals surface area contributed by atoms with Crippen LogP contribution in [0.5, 0.6) is 5.75 Å². The second-order valence-corrected chi connectivity index (χ2v) is 3.98. The van der Waals surface area contributed by atoms with Crippen molar-refractivity contribution < 1.29 is 14.3 Å². The first-order valence-electron chi connectivity index (χ1n) is 5.95. The lowest BCUT2D eigenvalue weighted by molar-refractivity contribution is 0.0890. The fourth-order valence-electron chi connectivity index (χ4n) is 1.64. The number of ether oxygens (including phenoxy) is 2. The number of hydrogen-bond donors (Lipinski definition) is 0. The van der Waals surface area contributed by atoms with Gasteiger partial charge in [-0.1, -0.05) is 19.1 Å². The molecule has 1 aromatic rings. The molecule has 0 amide bonds. The van der Waals surface area contributed by atoms with Crippen LogP contribution in [-0.2, 0) is 4.74 Å². The van der Waals surface area contributed by atoms with Crippen LogP contribution in [0.3, 0.4) is 0 Å². The smallest absolute Gasteiger partial charge is 0.169 e. The summed E-state index contributed by atoms with van der Waals surface area (Å²) in [6, 6.07) is 7.39. The van der Waals surface area contributed by atoms with Crippen molar-refractivity contribution in [2.45, 2.75) is 20.3 Å². The first kappa shape index (κ1) is 13.7. The maximum absolute atomic E-state index is 12.2. The van der Waals surface area contributed by atoms with Gasteiger partial charge in [-0.25, -0.2) is 0 Å². The van der Waals surface area contributed by atoms with Crippen LogP contribution < -0.4 is 4.74 Å². The summed E-state index contributed by atoms with van der Waals surface area (Å²) in [7, 11) is 1.64. The summed E-state index contributed by atoms with van der Waals surface area (Å²) in [5.41, 5.74) is 0.665. The highest BCUT2D eigenvalue weighted by molar-refractivity contribution is 6.00. The normalized spacial score (nSPS) is 12.2. The highest BCUT2D eigenvalue weighted by Crippen LogP contribution is 2.22. The molecular formula is C14H20O3. The van der Waals surface area contributed by atoms with Gasteiger partial charge in [-0.15, -0.1) is 0 Å². The van der Waals surface area contributed by atoms with Gasteiger partial charge in [0.1, 0.15) is 5.75 Å². The standard InChI is InChI=1S/C14H20O3/c1-4-17-13-8-6-5-7-12(13)14(15)11(2)9-10-16-3/h5-8,11H,4,9-10H2,1-3H3. The topological polar surface area (TPSA) is 35.5 Å². The molecule has 17 heavy (non-hydrogen) atoms. The minimum absolute atomic E-state index is 0.0449. The molecule has 1 unspecified atom stereocenters. The largest absolute Gasteiger partial charge is 0.493 e. The Morgan fingerprint density at radius 1 is 1.35 bits per heavy atom. The van der Waals surface area contributed by atoms with E-state index in [0.29, 0.717) is 24.5 Å². The molecule has 3 heteroatoms. The van der Waals surface area contributed by atoms with E-state index in [1.807, 2.05) is 38.1 Å². The molecule has 1 atom stereocenters. The van der Waals surface area contributed by atoms with Crippen LogP contribution in [0.2, 0.25) is 0 Å². The van der Waals surface area contributed by atoms with Crippen molar-refractivity contribution >= 4 is 5.78 Å². The van der Waals surface area contributed by atoms with Gasteiger partial charge in [0.25, 0.3) is 0 Å². The van der Waals surface area contributed by atoms with Crippen molar-refractivity contribution in [3.05, 3.63) is 29.8 Å². The second-order valence-electron chi connectivity index (χ2n) is 3.98. The maximum Gasteiger partial charge on any atom is 0.169 e. The number of rotatable bonds is 7. The molecular weight excluding hydrogens is 216 g/mol. The Morgan fingerprint density at radius 3 is 2.71 bits per heavy atom.